The molecule has 2 aromatic carbocycles. The number of hydrogen-bond acceptors (Lipinski definition) is 4. The number of para-hydroxylation sites is 2. The van der Waals surface area contributed by atoms with Gasteiger partial charge in [0, 0.05) is 30.9 Å². The van der Waals surface area contributed by atoms with Crippen LogP contribution in [0, 0.1) is 0 Å². The number of benzene rings is 2. The summed E-state index contributed by atoms with van der Waals surface area (Å²) in [7, 11) is 0. The van der Waals surface area contributed by atoms with Crippen molar-refractivity contribution in [3.63, 3.8) is 0 Å². The lowest BCUT2D eigenvalue weighted by Gasteiger charge is -2.09. The lowest BCUT2D eigenvalue weighted by Crippen LogP contribution is -2.26. The second-order valence-electron chi connectivity index (χ2n) is 7.38. The highest BCUT2D eigenvalue weighted by Gasteiger charge is 2.14. The van der Waals surface area contributed by atoms with Crippen molar-refractivity contribution in [3.8, 4) is 0 Å². The standard InChI is InChI=1S/C24H24N4O3S/c1-2-13-27-19-9-3-4-10-20(19)28(24(27)31)14-12-22(29)25-17-7-5-8-18(16-17)26-23(30)21-11-6-15-32-21/h3-11,15-16H,2,12-14H2,1H3,(H,25,29)(H,26,30). The molecule has 0 unspecified atom stereocenters. The van der Waals surface area contributed by atoms with Gasteiger partial charge in [0.2, 0.25) is 5.91 Å². The minimum Gasteiger partial charge on any atom is -0.326 e. The number of rotatable bonds is 8. The Balaban J connectivity index is 1.42. The van der Waals surface area contributed by atoms with E-state index in [4.69, 9.17) is 0 Å². The van der Waals surface area contributed by atoms with Crippen molar-refractivity contribution >= 4 is 45.6 Å². The van der Waals surface area contributed by atoms with Crippen LogP contribution in [0.15, 0.2) is 70.8 Å². The van der Waals surface area contributed by atoms with Crippen LogP contribution in [0.5, 0.6) is 0 Å². The smallest absolute Gasteiger partial charge is 0.326 e. The van der Waals surface area contributed by atoms with E-state index in [-0.39, 0.29) is 30.5 Å². The monoisotopic (exact) mass is 448 g/mol. The Kier molecular flexibility index (Phi) is 6.51. The maximum absolute atomic E-state index is 12.8. The van der Waals surface area contributed by atoms with E-state index in [1.54, 1.807) is 39.5 Å². The van der Waals surface area contributed by atoms with Gasteiger partial charge in [-0.1, -0.05) is 31.2 Å². The molecule has 0 radical (unpaired) electrons. The molecular weight excluding hydrogens is 424 g/mol. The summed E-state index contributed by atoms with van der Waals surface area (Å²) in [6, 6.07) is 18.2. The van der Waals surface area contributed by atoms with Gasteiger partial charge in [-0.05, 0) is 48.2 Å². The average Bonchev–Trinajstić information content (AvgIpc) is 3.41. The highest BCUT2D eigenvalue weighted by atomic mass is 32.1. The van der Waals surface area contributed by atoms with E-state index >= 15 is 0 Å². The first-order valence-corrected chi connectivity index (χ1v) is 11.4. The number of nitrogens with one attached hydrogen (secondary N) is 2. The summed E-state index contributed by atoms with van der Waals surface area (Å²) in [5.41, 5.74) is 2.80. The van der Waals surface area contributed by atoms with Crippen molar-refractivity contribution in [2.24, 2.45) is 0 Å². The molecule has 7 nitrogen and oxygen atoms in total. The molecule has 2 aromatic heterocycles. The summed E-state index contributed by atoms with van der Waals surface area (Å²) in [6.45, 7) is 2.96. The van der Waals surface area contributed by atoms with Gasteiger partial charge in [-0.25, -0.2) is 4.79 Å². The first-order chi connectivity index (χ1) is 15.6. The predicted octanol–water partition coefficient (Wildman–Crippen LogP) is 4.56. The summed E-state index contributed by atoms with van der Waals surface area (Å²) in [6.07, 6.45) is 1.01. The highest BCUT2D eigenvalue weighted by molar-refractivity contribution is 7.12. The molecule has 32 heavy (non-hydrogen) atoms. The molecule has 2 N–H and O–H groups in total. The number of imidazole rings is 1. The maximum atomic E-state index is 12.8. The predicted molar refractivity (Wildman–Crippen MR) is 128 cm³/mol. The molecule has 0 atom stereocenters. The van der Waals surface area contributed by atoms with E-state index < -0.39 is 0 Å². The Morgan fingerprint density at radius 1 is 0.875 bits per heavy atom. The van der Waals surface area contributed by atoms with Crippen molar-refractivity contribution in [2.75, 3.05) is 10.6 Å². The van der Waals surface area contributed by atoms with Gasteiger partial charge in [0.15, 0.2) is 0 Å². The van der Waals surface area contributed by atoms with Gasteiger partial charge < -0.3 is 10.6 Å². The number of thiophene rings is 1. The molecule has 0 spiro atoms. The Morgan fingerprint density at radius 2 is 1.56 bits per heavy atom. The molecule has 0 bridgehead atoms. The Bertz CT molecular complexity index is 1300. The lowest BCUT2D eigenvalue weighted by molar-refractivity contribution is -0.116. The first-order valence-electron chi connectivity index (χ1n) is 10.5. The fraction of sp³-hybridized carbons (Fsp3) is 0.208. The van der Waals surface area contributed by atoms with Crippen LogP contribution in [-0.2, 0) is 17.9 Å². The zero-order chi connectivity index (χ0) is 22.5. The maximum Gasteiger partial charge on any atom is 0.329 e. The van der Waals surface area contributed by atoms with Gasteiger partial charge >= 0.3 is 5.69 Å². The summed E-state index contributed by atoms with van der Waals surface area (Å²) in [5, 5.41) is 7.52. The number of aromatic nitrogens is 2. The van der Waals surface area contributed by atoms with Crippen molar-refractivity contribution in [1.82, 2.24) is 9.13 Å². The molecule has 0 aliphatic heterocycles. The van der Waals surface area contributed by atoms with E-state index in [9.17, 15) is 14.4 Å². The number of aryl methyl sites for hydroxylation is 2. The van der Waals surface area contributed by atoms with Crippen LogP contribution in [-0.4, -0.2) is 20.9 Å². The number of carbonyl (C=O) groups is 2. The molecule has 4 rings (SSSR count). The van der Waals surface area contributed by atoms with Crippen LogP contribution in [0.3, 0.4) is 0 Å². The van der Waals surface area contributed by atoms with Gasteiger partial charge in [0.05, 0.1) is 15.9 Å². The summed E-state index contributed by atoms with van der Waals surface area (Å²) >= 11 is 1.36. The molecule has 2 heterocycles. The molecule has 2 amide bonds. The van der Waals surface area contributed by atoms with Gasteiger partial charge in [-0.2, -0.15) is 0 Å². The van der Waals surface area contributed by atoms with Crippen LogP contribution < -0.4 is 16.3 Å². The number of carbonyl (C=O) groups excluding carboxylic acids is 2. The Morgan fingerprint density at radius 3 is 2.22 bits per heavy atom. The number of anilines is 2. The SMILES string of the molecule is CCCn1c(=O)n(CCC(=O)Nc2cccc(NC(=O)c3cccs3)c2)c2ccccc21. The third kappa shape index (κ3) is 4.65. The molecule has 0 fully saturated rings. The van der Waals surface area contributed by atoms with E-state index in [1.165, 1.54) is 11.3 Å². The topological polar surface area (TPSA) is 85.1 Å². The van der Waals surface area contributed by atoms with E-state index in [0.29, 0.717) is 22.8 Å². The fourth-order valence-electron chi connectivity index (χ4n) is 3.64. The minimum absolute atomic E-state index is 0.0980. The van der Waals surface area contributed by atoms with Crippen LogP contribution in [0.25, 0.3) is 11.0 Å². The van der Waals surface area contributed by atoms with Gasteiger partial charge in [-0.15, -0.1) is 11.3 Å². The van der Waals surface area contributed by atoms with E-state index in [0.717, 1.165) is 17.5 Å². The van der Waals surface area contributed by atoms with Crippen LogP contribution >= 0.6 is 11.3 Å². The number of amides is 2. The van der Waals surface area contributed by atoms with Crippen LogP contribution in [0.1, 0.15) is 29.4 Å². The van der Waals surface area contributed by atoms with E-state index in [1.807, 2.05) is 42.6 Å². The molecular formula is C24H24N4O3S. The lowest BCUT2D eigenvalue weighted by atomic mass is 10.2. The van der Waals surface area contributed by atoms with Gasteiger partial charge in [-0.3, -0.25) is 18.7 Å². The highest BCUT2D eigenvalue weighted by Crippen LogP contribution is 2.18. The van der Waals surface area contributed by atoms with Gasteiger partial charge in [0.25, 0.3) is 5.91 Å². The van der Waals surface area contributed by atoms with Gasteiger partial charge in [0.1, 0.15) is 0 Å². The summed E-state index contributed by atoms with van der Waals surface area (Å²) in [4.78, 5) is 38.3. The number of fused-ring (bicyclic) bond motifs is 1. The fourth-order valence-corrected chi connectivity index (χ4v) is 4.26. The molecule has 0 saturated carbocycles. The normalized spacial score (nSPS) is 10.9. The van der Waals surface area contributed by atoms with Crippen LogP contribution in [0.2, 0.25) is 0 Å². The van der Waals surface area contributed by atoms with Crippen LogP contribution in [0.4, 0.5) is 11.4 Å². The van der Waals surface area contributed by atoms with Crippen molar-refractivity contribution in [2.45, 2.75) is 32.9 Å². The second-order valence-corrected chi connectivity index (χ2v) is 8.33. The zero-order valence-electron chi connectivity index (χ0n) is 17.7. The molecule has 164 valence electrons. The first kappa shape index (κ1) is 21.6. The van der Waals surface area contributed by atoms with E-state index in [2.05, 4.69) is 10.6 Å². The summed E-state index contributed by atoms with van der Waals surface area (Å²) < 4.78 is 3.41. The molecule has 4 aromatic rings. The summed E-state index contributed by atoms with van der Waals surface area (Å²) in [5.74, 6) is -0.391. The molecule has 0 aliphatic rings. The number of hydrogen-bond donors (Lipinski definition) is 2. The molecule has 8 heteroatoms. The molecule has 0 aliphatic carbocycles. The zero-order valence-corrected chi connectivity index (χ0v) is 18.5. The largest absolute Gasteiger partial charge is 0.329 e. The van der Waals surface area contributed by atoms with Crippen molar-refractivity contribution in [1.29, 1.82) is 0 Å². The molecule has 0 saturated heterocycles. The third-order valence-electron chi connectivity index (χ3n) is 5.08. The second kappa shape index (κ2) is 9.65. The number of nitrogens with zero attached hydrogens (tertiary/aromatic N) is 2. The minimum atomic E-state index is -0.203. The van der Waals surface area contributed by atoms with Crippen molar-refractivity contribution < 1.29 is 9.59 Å². The average molecular weight is 449 g/mol. The third-order valence-corrected chi connectivity index (χ3v) is 5.95. The Labute approximate surface area is 189 Å². The Hall–Kier alpha value is -3.65. The quantitative estimate of drug-likeness (QED) is 0.415. The van der Waals surface area contributed by atoms with Crippen molar-refractivity contribution in [3.05, 3.63) is 81.4 Å².